The normalized spacial score (nSPS) is 13.4. The van der Waals surface area contributed by atoms with E-state index in [1.54, 1.807) is 6.92 Å². The van der Waals surface area contributed by atoms with Crippen LogP contribution < -0.4 is 5.32 Å². The highest BCUT2D eigenvalue weighted by Crippen LogP contribution is 2.01. The molecule has 1 atom stereocenters. The number of hydrogen-bond donors (Lipinski definition) is 3. The van der Waals surface area contributed by atoms with Crippen molar-refractivity contribution in [1.82, 2.24) is 10.2 Å². The van der Waals surface area contributed by atoms with Crippen molar-refractivity contribution in [3.63, 3.8) is 0 Å². The molecule has 0 spiro atoms. The van der Waals surface area contributed by atoms with Gasteiger partial charge in [-0.25, -0.2) is 9.59 Å². The Bertz CT molecular complexity index is 306. The van der Waals surface area contributed by atoms with E-state index in [1.165, 1.54) is 4.90 Å². The molecule has 0 heterocycles. The smallest absolute Gasteiger partial charge is 0.337 e. The van der Waals surface area contributed by atoms with Gasteiger partial charge in [0.15, 0.2) is 5.60 Å². The lowest BCUT2D eigenvalue weighted by Crippen LogP contribution is -2.50. The van der Waals surface area contributed by atoms with Crippen molar-refractivity contribution in [3.8, 4) is 12.3 Å². The zero-order valence-corrected chi connectivity index (χ0v) is 9.36. The predicted molar refractivity (Wildman–Crippen MR) is 57.7 cm³/mol. The zero-order chi connectivity index (χ0) is 12.8. The average Bonchev–Trinajstić information content (AvgIpc) is 2.22. The number of amides is 2. The molecule has 0 aromatic rings. The molecule has 1 unspecified atom stereocenters. The molecule has 0 fully saturated rings. The van der Waals surface area contributed by atoms with E-state index in [4.69, 9.17) is 11.5 Å². The quantitative estimate of drug-likeness (QED) is 0.553. The molecule has 16 heavy (non-hydrogen) atoms. The molecular formula is C10H16N2O4. The highest BCUT2D eigenvalue weighted by Gasteiger charge is 2.30. The van der Waals surface area contributed by atoms with Gasteiger partial charge in [-0.2, -0.15) is 0 Å². The number of rotatable bonds is 5. The summed E-state index contributed by atoms with van der Waals surface area (Å²) in [7, 11) is 0. The fourth-order valence-electron chi connectivity index (χ4n) is 0.873. The third-order valence-corrected chi connectivity index (χ3v) is 2.00. The minimum absolute atomic E-state index is 0.136. The van der Waals surface area contributed by atoms with Gasteiger partial charge in [-0.15, -0.1) is 6.42 Å². The Hall–Kier alpha value is -1.74. The number of urea groups is 1. The molecule has 2 amide bonds. The second-order valence-corrected chi connectivity index (χ2v) is 3.46. The van der Waals surface area contributed by atoms with E-state index in [0.717, 1.165) is 6.92 Å². The number of terminal acetylenes is 1. The molecule has 0 aliphatic rings. The number of hydrogen-bond acceptors (Lipinski definition) is 3. The van der Waals surface area contributed by atoms with Crippen molar-refractivity contribution in [2.45, 2.75) is 19.4 Å². The Morgan fingerprint density at radius 1 is 1.56 bits per heavy atom. The molecule has 6 nitrogen and oxygen atoms in total. The Labute approximate surface area is 94.2 Å². The number of carboxylic acid groups (broad SMARTS) is 1. The van der Waals surface area contributed by atoms with E-state index in [1.807, 2.05) is 0 Å². The lowest BCUT2D eigenvalue weighted by Gasteiger charge is -2.22. The van der Waals surface area contributed by atoms with Gasteiger partial charge in [-0.1, -0.05) is 5.92 Å². The van der Waals surface area contributed by atoms with E-state index in [-0.39, 0.29) is 13.1 Å². The number of carbonyl (C=O) groups excluding carboxylic acids is 1. The van der Waals surface area contributed by atoms with Crippen molar-refractivity contribution in [3.05, 3.63) is 0 Å². The van der Waals surface area contributed by atoms with Crippen molar-refractivity contribution in [2.24, 2.45) is 0 Å². The summed E-state index contributed by atoms with van der Waals surface area (Å²) in [5.41, 5.74) is -1.98. The molecule has 90 valence electrons. The third-order valence-electron chi connectivity index (χ3n) is 2.00. The molecule has 0 saturated heterocycles. The molecule has 6 heteroatoms. The minimum Gasteiger partial charge on any atom is -0.479 e. The van der Waals surface area contributed by atoms with Gasteiger partial charge in [0.2, 0.25) is 0 Å². The predicted octanol–water partition coefficient (Wildman–Crippen LogP) is -0.513. The Balaban J connectivity index is 4.26. The van der Waals surface area contributed by atoms with Gasteiger partial charge in [0, 0.05) is 6.54 Å². The van der Waals surface area contributed by atoms with Crippen molar-refractivity contribution in [2.75, 3.05) is 19.6 Å². The van der Waals surface area contributed by atoms with Crippen LogP contribution in [0.4, 0.5) is 4.79 Å². The van der Waals surface area contributed by atoms with Crippen LogP contribution in [0.15, 0.2) is 0 Å². The van der Waals surface area contributed by atoms with E-state index in [2.05, 4.69) is 11.2 Å². The van der Waals surface area contributed by atoms with Crippen LogP contribution in [0, 0.1) is 12.3 Å². The first-order valence-corrected chi connectivity index (χ1v) is 4.77. The number of carbonyl (C=O) groups is 2. The molecule has 0 aromatic carbocycles. The topological polar surface area (TPSA) is 89.9 Å². The largest absolute Gasteiger partial charge is 0.479 e. The fourth-order valence-corrected chi connectivity index (χ4v) is 0.873. The van der Waals surface area contributed by atoms with Gasteiger partial charge in [-0.05, 0) is 13.8 Å². The number of nitrogens with one attached hydrogen (secondary N) is 1. The molecule has 0 bridgehead atoms. The number of carboxylic acids is 1. The van der Waals surface area contributed by atoms with Crippen LogP contribution in [-0.2, 0) is 4.79 Å². The van der Waals surface area contributed by atoms with Gasteiger partial charge in [0.1, 0.15) is 0 Å². The Kier molecular flexibility index (Phi) is 5.33. The van der Waals surface area contributed by atoms with Crippen LogP contribution >= 0.6 is 0 Å². The van der Waals surface area contributed by atoms with E-state index in [0.29, 0.717) is 6.54 Å². The Morgan fingerprint density at radius 2 is 2.12 bits per heavy atom. The summed E-state index contributed by atoms with van der Waals surface area (Å²) in [5, 5.41) is 20.3. The number of aliphatic hydroxyl groups is 1. The van der Waals surface area contributed by atoms with Gasteiger partial charge in [-0.3, -0.25) is 0 Å². The summed E-state index contributed by atoms with van der Waals surface area (Å²) in [6.07, 6.45) is 5.06. The summed E-state index contributed by atoms with van der Waals surface area (Å²) >= 11 is 0. The van der Waals surface area contributed by atoms with Crippen molar-refractivity contribution in [1.29, 1.82) is 0 Å². The highest BCUT2D eigenvalue weighted by atomic mass is 16.4. The van der Waals surface area contributed by atoms with E-state index >= 15 is 0 Å². The first-order chi connectivity index (χ1) is 7.35. The summed E-state index contributed by atoms with van der Waals surface area (Å²) in [6, 6.07) is -0.498. The summed E-state index contributed by atoms with van der Waals surface area (Å²) in [5.74, 6) is 0.910. The molecule has 0 radical (unpaired) electrons. The van der Waals surface area contributed by atoms with Crippen LogP contribution in [-0.4, -0.2) is 52.3 Å². The fraction of sp³-hybridized carbons (Fsp3) is 0.600. The molecular weight excluding hydrogens is 212 g/mol. The first-order valence-electron chi connectivity index (χ1n) is 4.77. The zero-order valence-electron chi connectivity index (χ0n) is 9.36. The van der Waals surface area contributed by atoms with Crippen LogP contribution in [0.2, 0.25) is 0 Å². The average molecular weight is 228 g/mol. The molecule has 0 aliphatic heterocycles. The van der Waals surface area contributed by atoms with Gasteiger partial charge in [0.25, 0.3) is 0 Å². The minimum atomic E-state index is -1.98. The summed E-state index contributed by atoms with van der Waals surface area (Å²) < 4.78 is 0. The number of aliphatic carboxylic acids is 1. The lowest BCUT2D eigenvalue weighted by atomic mass is 10.1. The monoisotopic (exact) mass is 228 g/mol. The maximum atomic E-state index is 11.4. The van der Waals surface area contributed by atoms with Crippen LogP contribution in [0.3, 0.4) is 0 Å². The molecule has 0 saturated carbocycles. The van der Waals surface area contributed by atoms with E-state index in [9.17, 15) is 14.7 Å². The summed E-state index contributed by atoms with van der Waals surface area (Å²) in [6.45, 7) is 3.02. The molecule has 0 aromatic heterocycles. The van der Waals surface area contributed by atoms with Crippen LogP contribution in [0.1, 0.15) is 13.8 Å². The van der Waals surface area contributed by atoms with Gasteiger partial charge >= 0.3 is 12.0 Å². The Morgan fingerprint density at radius 3 is 2.50 bits per heavy atom. The van der Waals surface area contributed by atoms with E-state index < -0.39 is 17.6 Å². The van der Waals surface area contributed by atoms with Gasteiger partial charge < -0.3 is 20.4 Å². The lowest BCUT2D eigenvalue weighted by molar-refractivity contribution is -0.155. The standard InChI is InChI=1S/C10H16N2O4/c1-4-6-12(5-2)9(15)11-7-10(3,16)8(13)14/h1,16H,5-7H2,2-3H3,(H,11,15)(H,13,14). The second-order valence-electron chi connectivity index (χ2n) is 3.46. The first kappa shape index (κ1) is 14.3. The van der Waals surface area contributed by atoms with Crippen molar-refractivity contribution < 1.29 is 19.8 Å². The third kappa shape index (κ3) is 4.19. The van der Waals surface area contributed by atoms with Crippen LogP contribution in [0.5, 0.6) is 0 Å². The van der Waals surface area contributed by atoms with Crippen LogP contribution in [0.25, 0.3) is 0 Å². The van der Waals surface area contributed by atoms with Gasteiger partial charge in [0.05, 0.1) is 13.1 Å². The maximum absolute atomic E-state index is 11.4. The maximum Gasteiger partial charge on any atom is 0.337 e. The molecule has 0 rings (SSSR count). The van der Waals surface area contributed by atoms with Crippen molar-refractivity contribution >= 4 is 12.0 Å². The molecule has 0 aliphatic carbocycles. The highest BCUT2D eigenvalue weighted by molar-refractivity contribution is 5.79. The SMILES string of the molecule is C#CCN(CC)C(=O)NCC(C)(O)C(=O)O. The second kappa shape index (κ2) is 5.98. The molecule has 3 N–H and O–H groups in total. The number of nitrogens with zero attached hydrogens (tertiary/aromatic N) is 1. The summed E-state index contributed by atoms with van der Waals surface area (Å²) in [4.78, 5) is 23.3.